The SMILES string of the molecule is CC(C)(C)[Si](OC=CCC=O)(c1ccccc1)c1ccccc1. The highest BCUT2D eigenvalue weighted by molar-refractivity contribution is 6.99. The molecule has 2 aromatic carbocycles. The number of carbonyl (C=O) groups is 1. The predicted molar refractivity (Wildman–Crippen MR) is 98.5 cm³/mol. The fourth-order valence-corrected chi connectivity index (χ4v) is 7.27. The minimum Gasteiger partial charge on any atom is -0.540 e. The van der Waals surface area contributed by atoms with Crippen LogP contribution in [0.1, 0.15) is 27.2 Å². The van der Waals surface area contributed by atoms with Gasteiger partial charge in [-0.15, -0.1) is 0 Å². The van der Waals surface area contributed by atoms with Crippen LogP contribution in [0.15, 0.2) is 73.0 Å². The van der Waals surface area contributed by atoms with Gasteiger partial charge < -0.3 is 9.22 Å². The van der Waals surface area contributed by atoms with Crippen LogP contribution in [-0.2, 0) is 9.22 Å². The van der Waals surface area contributed by atoms with E-state index in [2.05, 4.69) is 69.3 Å². The topological polar surface area (TPSA) is 26.3 Å². The zero-order chi connectivity index (χ0) is 16.8. The second-order valence-corrected chi connectivity index (χ2v) is 10.8. The van der Waals surface area contributed by atoms with E-state index >= 15 is 0 Å². The van der Waals surface area contributed by atoms with E-state index in [-0.39, 0.29) is 5.04 Å². The Kier molecular flexibility index (Phi) is 5.56. The average Bonchev–Trinajstić information content (AvgIpc) is 2.55. The molecule has 0 N–H and O–H groups in total. The minimum atomic E-state index is -2.50. The first-order valence-electron chi connectivity index (χ1n) is 7.90. The molecule has 23 heavy (non-hydrogen) atoms. The summed E-state index contributed by atoms with van der Waals surface area (Å²) in [5.74, 6) is 0. The predicted octanol–water partition coefficient (Wildman–Crippen LogP) is 3.67. The van der Waals surface area contributed by atoms with Crippen LogP contribution in [0, 0.1) is 0 Å². The fourth-order valence-electron chi connectivity index (χ4n) is 2.95. The molecule has 2 aromatic rings. The highest BCUT2D eigenvalue weighted by Gasteiger charge is 2.51. The van der Waals surface area contributed by atoms with Crippen LogP contribution in [0.3, 0.4) is 0 Å². The van der Waals surface area contributed by atoms with Crippen LogP contribution in [0.2, 0.25) is 5.04 Å². The molecular formula is C20H24O2Si. The molecule has 0 aliphatic carbocycles. The van der Waals surface area contributed by atoms with Gasteiger partial charge in [-0.05, 0) is 21.5 Å². The van der Waals surface area contributed by atoms with Gasteiger partial charge in [-0.3, -0.25) is 0 Å². The van der Waals surface area contributed by atoms with Gasteiger partial charge in [-0.2, -0.15) is 0 Å². The van der Waals surface area contributed by atoms with Crippen molar-refractivity contribution >= 4 is 25.0 Å². The summed E-state index contributed by atoms with van der Waals surface area (Å²) in [6, 6.07) is 20.9. The lowest BCUT2D eigenvalue weighted by Crippen LogP contribution is -2.65. The first kappa shape index (κ1) is 17.2. The smallest absolute Gasteiger partial charge is 0.319 e. The molecule has 120 valence electrons. The van der Waals surface area contributed by atoms with E-state index in [4.69, 9.17) is 4.43 Å². The normalized spacial score (nSPS) is 12.3. The quantitative estimate of drug-likeness (QED) is 0.460. The van der Waals surface area contributed by atoms with Gasteiger partial charge in [0.05, 0.1) is 6.26 Å². The number of hydrogen-bond acceptors (Lipinski definition) is 2. The van der Waals surface area contributed by atoms with E-state index < -0.39 is 8.32 Å². The van der Waals surface area contributed by atoms with Crippen LogP contribution >= 0.6 is 0 Å². The Morgan fingerprint density at radius 1 is 0.913 bits per heavy atom. The largest absolute Gasteiger partial charge is 0.540 e. The van der Waals surface area contributed by atoms with Gasteiger partial charge in [0.25, 0.3) is 0 Å². The number of allylic oxidation sites excluding steroid dienone is 1. The van der Waals surface area contributed by atoms with Crippen molar-refractivity contribution in [2.24, 2.45) is 0 Å². The highest BCUT2D eigenvalue weighted by atomic mass is 28.4. The van der Waals surface area contributed by atoms with Gasteiger partial charge in [0, 0.05) is 6.42 Å². The number of hydrogen-bond donors (Lipinski definition) is 0. The van der Waals surface area contributed by atoms with E-state index in [1.807, 2.05) is 12.1 Å². The molecule has 0 amide bonds. The zero-order valence-corrected chi connectivity index (χ0v) is 15.0. The summed E-state index contributed by atoms with van der Waals surface area (Å²) in [5.41, 5.74) is 0. The summed E-state index contributed by atoms with van der Waals surface area (Å²) in [5, 5.41) is 2.41. The monoisotopic (exact) mass is 324 g/mol. The summed E-state index contributed by atoms with van der Waals surface area (Å²) in [7, 11) is -2.50. The van der Waals surface area contributed by atoms with Crippen molar-refractivity contribution in [2.75, 3.05) is 0 Å². The molecule has 3 heteroatoms. The van der Waals surface area contributed by atoms with Gasteiger partial charge >= 0.3 is 8.32 Å². The van der Waals surface area contributed by atoms with Gasteiger partial charge in [-0.1, -0.05) is 81.4 Å². The molecule has 0 aliphatic rings. The van der Waals surface area contributed by atoms with Crippen molar-refractivity contribution in [1.82, 2.24) is 0 Å². The molecule has 0 aromatic heterocycles. The Bertz CT molecular complexity index is 603. The third-order valence-electron chi connectivity index (χ3n) is 3.99. The maximum absolute atomic E-state index is 10.6. The summed E-state index contributed by atoms with van der Waals surface area (Å²) in [4.78, 5) is 10.6. The van der Waals surface area contributed by atoms with Gasteiger partial charge in [0.2, 0.25) is 0 Å². The molecule has 0 bridgehead atoms. The van der Waals surface area contributed by atoms with E-state index in [1.54, 1.807) is 12.3 Å². The Morgan fingerprint density at radius 2 is 1.39 bits per heavy atom. The molecule has 0 radical (unpaired) electrons. The molecule has 0 unspecified atom stereocenters. The van der Waals surface area contributed by atoms with Crippen molar-refractivity contribution in [1.29, 1.82) is 0 Å². The van der Waals surface area contributed by atoms with Gasteiger partial charge in [0.15, 0.2) is 0 Å². The van der Waals surface area contributed by atoms with Gasteiger partial charge in [0.1, 0.15) is 6.29 Å². The lowest BCUT2D eigenvalue weighted by Gasteiger charge is -2.41. The van der Waals surface area contributed by atoms with Crippen molar-refractivity contribution in [2.45, 2.75) is 32.2 Å². The Hall–Kier alpha value is -2.13. The Labute approximate surface area is 139 Å². The summed E-state index contributed by atoms with van der Waals surface area (Å²) in [6.45, 7) is 6.69. The van der Waals surface area contributed by atoms with Crippen molar-refractivity contribution < 1.29 is 9.22 Å². The number of aldehydes is 1. The average molecular weight is 324 g/mol. The maximum Gasteiger partial charge on any atom is 0.319 e. The number of rotatable bonds is 6. The van der Waals surface area contributed by atoms with E-state index in [0.717, 1.165) is 6.29 Å². The van der Waals surface area contributed by atoms with Crippen LogP contribution in [0.5, 0.6) is 0 Å². The maximum atomic E-state index is 10.6. The Morgan fingerprint density at radius 3 is 1.78 bits per heavy atom. The van der Waals surface area contributed by atoms with Crippen LogP contribution in [-0.4, -0.2) is 14.6 Å². The Balaban J connectivity index is 2.62. The number of benzene rings is 2. The standard InChI is InChI=1S/C20H24O2Si/c1-20(2,3)23(22-17-11-10-16-21,18-12-6-4-7-13-18)19-14-8-5-9-15-19/h4-9,11-17H,10H2,1-3H3. The van der Waals surface area contributed by atoms with Crippen molar-refractivity contribution in [3.05, 3.63) is 73.0 Å². The van der Waals surface area contributed by atoms with Crippen molar-refractivity contribution in [3.63, 3.8) is 0 Å². The molecule has 0 saturated carbocycles. The third kappa shape index (κ3) is 3.62. The summed E-state index contributed by atoms with van der Waals surface area (Å²) in [6.07, 6.45) is 4.75. The lowest BCUT2D eigenvalue weighted by molar-refractivity contribution is -0.107. The summed E-state index contributed by atoms with van der Waals surface area (Å²) >= 11 is 0. The third-order valence-corrected chi connectivity index (χ3v) is 8.88. The van der Waals surface area contributed by atoms with Crippen molar-refractivity contribution in [3.8, 4) is 0 Å². The molecule has 2 rings (SSSR count). The molecule has 0 saturated heterocycles. The fraction of sp³-hybridized carbons (Fsp3) is 0.250. The minimum absolute atomic E-state index is 0.0543. The van der Waals surface area contributed by atoms with Crippen LogP contribution < -0.4 is 10.4 Å². The van der Waals surface area contributed by atoms with Gasteiger partial charge in [-0.25, -0.2) is 0 Å². The molecule has 0 fully saturated rings. The second-order valence-electron chi connectivity index (χ2n) is 6.56. The molecule has 2 nitrogen and oxygen atoms in total. The highest BCUT2D eigenvalue weighted by Crippen LogP contribution is 2.36. The molecule has 0 atom stereocenters. The molecule has 0 spiro atoms. The van der Waals surface area contributed by atoms with Crippen LogP contribution in [0.4, 0.5) is 0 Å². The second kappa shape index (κ2) is 7.42. The molecule has 0 aliphatic heterocycles. The number of carbonyl (C=O) groups excluding carboxylic acids is 1. The summed E-state index contributed by atoms with van der Waals surface area (Å²) < 4.78 is 6.47. The molecular weight excluding hydrogens is 300 g/mol. The first-order chi connectivity index (χ1) is 11.0. The van der Waals surface area contributed by atoms with Crippen LogP contribution in [0.25, 0.3) is 0 Å². The molecule has 0 heterocycles. The first-order valence-corrected chi connectivity index (χ1v) is 9.80. The van der Waals surface area contributed by atoms with E-state index in [1.165, 1.54) is 10.4 Å². The van der Waals surface area contributed by atoms with E-state index in [9.17, 15) is 4.79 Å². The lowest BCUT2D eigenvalue weighted by atomic mass is 10.2. The zero-order valence-electron chi connectivity index (χ0n) is 14.0. The van der Waals surface area contributed by atoms with E-state index in [0.29, 0.717) is 6.42 Å².